The van der Waals surface area contributed by atoms with Crippen LogP contribution in [0.25, 0.3) is 17.1 Å². The Balaban J connectivity index is 2.67. The van der Waals surface area contributed by atoms with Gasteiger partial charge < -0.3 is 9.30 Å². The smallest absolute Gasteiger partial charge is 0.356 e. The van der Waals surface area contributed by atoms with Crippen LogP contribution < -0.4 is 0 Å². The zero-order valence-electron chi connectivity index (χ0n) is 9.23. The van der Waals surface area contributed by atoms with E-state index in [1.54, 1.807) is 12.1 Å². The molecule has 2 heterocycles. The molecule has 0 aromatic carbocycles. The van der Waals surface area contributed by atoms with Crippen LogP contribution in [-0.4, -0.2) is 22.6 Å². The maximum absolute atomic E-state index is 11.3. The van der Waals surface area contributed by atoms with E-state index in [-0.39, 0.29) is 0 Å². The molecule has 0 aliphatic carbocycles. The molecule has 0 bridgehead atoms. The predicted octanol–water partition coefficient (Wildman–Crippen LogP) is 2.00. The second-order valence-corrected chi connectivity index (χ2v) is 3.46. The van der Waals surface area contributed by atoms with Gasteiger partial charge in [0, 0.05) is 24.2 Å². The zero-order valence-corrected chi connectivity index (χ0v) is 9.23. The van der Waals surface area contributed by atoms with Gasteiger partial charge in [-0.25, -0.2) is 9.78 Å². The third-order valence-electron chi connectivity index (χ3n) is 2.47. The van der Waals surface area contributed by atoms with E-state index in [9.17, 15) is 4.79 Å². The lowest BCUT2D eigenvalue weighted by molar-refractivity contribution is 0.0594. The lowest BCUT2D eigenvalue weighted by atomic mass is 10.2. The summed E-state index contributed by atoms with van der Waals surface area (Å²) < 4.78 is 6.49. The molecule has 0 saturated carbocycles. The molecule has 4 nitrogen and oxygen atoms in total. The molecular weight excluding hydrogens is 204 g/mol. The van der Waals surface area contributed by atoms with Crippen LogP contribution in [0.15, 0.2) is 24.9 Å². The van der Waals surface area contributed by atoms with Crippen molar-refractivity contribution in [3.63, 3.8) is 0 Å². The highest BCUT2D eigenvalue weighted by Crippen LogP contribution is 2.20. The van der Waals surface area contributed by atoms with E-state index in [1.165, 1.54) is 7.11 Å². The number of fused-ring (bicyclic) bond motifs is 1. The number of hydrogen-bond acceptors (Lipinski definition) is 3. The summed E-state index contributed by atoms with van der Waals surface area (Å²) in [5.41, 5.74) is 2.06. The highest BCUT2D eigenvalue weighted by atomic mass is 16.5. The summed E-state index contributed by atoms with van der Waals surface area (Å²) in [5, 5.41) is 0.977. The normalized spacial score (nSPS) is 10.4. The predicted molar refractivity (Wildman–Crippen MR) is 62.1 cm³/mol. The van der Waals surface area contributed by atoms with E-state index < -0.39 is 5.97 Å². The number of ether oxygens (including phenoxy) is 1. The fourth-order valence-corrected chi connectivity index (χ4v) is 1.66. The number of carbonyl (C=O) groups is 1. The van der Waals surface area contributed by atoms with Gasteiger partial charge in [-0.1, -0.05) is 12.7 Å². The molecule has 0 aliphatic rings. The van der Waals surface area contributed by atoms with Gasteiger partial charge in [0.05, 0.1) is 7.11 Å². The van der Waals surface area contributed by atoms with Gasteiger partial charge in [-0.15, -0.1) is 0 Å². The molecule has 0 fully saturated rings. The molecule has 0 saturated heterocycles. The Morgan fingerprint density at radius 2 is 2.31 bits per heavy atom. The number of aryl methyl sites for hydroxylation is 1. The van der Waals surface area contributed by atoms with Gasteiger partial charge in [0.2, 0.25) is 0 Å². The first-order chi connectivity index (χ1) is 7.67. The zero-order chi connectivity index (χ0) is 11.7. The number of aromatic nitrogens is 2. The van der Waals surface area contributed by atoms with Crippen molar-refractivity contribution in [2.45, 2.75) is 0 Å². The molecule has 2 aromatic rings. The SMILES string of the molecule is C=Cc1cn(C)c2nc(C(=O)OC)ccc12. The van der Waals surface area contributed by atoms with E-state index in [0.29, 0.717) is 5.69 Å². The molecule has 0 spiro atoms. The number of hydrogen-bond donors (Lipinski definition) is 0. The Labute approximate surface area is 93.2 Å². The Morgan fingerprint density at radius 1 is 1.56 bits per heavy atom. The van der Waals surface area contributed by atoms with Crippen molar-refractivity contribution in [1.82, 2.24) is 9.55 Å². The minimum absolute atomic E-state index is 0.312. The summed E-state index contributed by atoms with van der Waals surface area (Å²) in [7, 11) is 3.22. The standard InChI is InChI=1S/C12H12N2O2/c1-4-8-7-14(2)11-9(8)5-6-10(13-11)12(15)16-3/h4-7H,1H2,2-3H3. The molecule has 0 aliphatic heterocycles. The summed E-state index contributed by atoms with van der Waals surface area (Å²) in [6.45, 7) is 3.74. The Bertz CT molecular complexity index is 570. The van der Waals surface area contributed by atoms with E-state index in [2.05, 4.69) is 16.3 Å². The van der Waals surface area contributed by atoms with Crippen molar-refractivity contribution >= 4 is 23.1 Å². The molecule has 82 valence electrons. The number of methoxy groups -OCH3 is 1. The van der Waals surface area contributed by atoms with Crippen LogP contribution in [0.2, 0.25) is 0 Å². The minimum atomic E-state index is -0.428. The quantitative estimate of drug-likeness (QED) is 0.721. The molecular formula is C12H12N2O2. The maximum Gasteiger partial charge on any atom is 0.356 e. The lowest BCUT2D eigenvalue weighted by Crippen LogP contribution is -2.04. The van der Waals surface area contributed by atoms with Crippen molar-refractivity contribution < 1.29 is 9.53 Å². The Morgan fingerprint density at radius 3 is 2.94 bits per heavy atom. The molecule has 16 heavy (non-hydrogen) atoms. The van der Waals surface area contributed by atoms with E-state index in [0.717, 1.165) is 16.6 Å². The number of rotatable bonds is 2. The number of esters is 1. The van der Waals surface area contributed by atoms with Gasteiger partial charge >= 0.3 is 5.97 Å². The summed E-state index contributed by atoms with van der Waals surface area (Å²) in [5.74, 6) is -0.428. The van der Waals surface area contributed by atoms with Gasteiger partial charge in [0.15, 0.2) is 5.69 Å². The highest BCUT2D eigenvalue weighted by molar-refractivity contribution is 5.93. The van der Waals surface area contributed by atoms with Crippen LogP contribution in [0.4, 0.5) is 0 Å². The topological polar surface area (TPSA) is 44.1 Å². The summed E-state index contributed by atoms with van der Waals surface area (Å²) in [4.78, 5) is 15.6. The monoisotopic (exact) mass is 216 g/mol. The van der Waals surface area contributed by atoms with Crippen LogP contribution in [0.1, 0.15) is 16.1 Å². The Hall–Kier alpha value is -2.10. The molecule has 2 rings (SSSR count). The van der Waals surface area contributed by atoms with Gasteiger partial charge in [-0.05, 0) is 12.1 Å². The largest absolute Gasteiger partial charge is 0.464 e. The average molecular weight is 216 g/mol. The van der Waals surface area contributed by atoms with Crippen molar-refractivity contribution in [1.29, 1.82) is 0 Å². The first-order valence-corrected chi connectivity index (χ1v) is 4.84. The number of carbonyl (C=O) groups excluding carboxylic acids is 1. The molecule has 0 atom stereocenters. The van der Waals surface area contributed by atoms with E-state index in [4.69, 9.17) is 0 Å². The van der Waals surface area contributed by atoms with Crippen molar-refractivity contribution in [3.8, 4) is 0 Å². The molecule has 0 radical (unpaired) electrons. The first-order valence-electron chi connectivity index (χ1n) is 4.84. The van der Waals surface area contributed by atoms with E-state index in [1.807, 2.05) is 23.9 Å². The lowest BCUT2D eigenvalue weighted by Gasteiger charge is -2.00. The van der Waals surface area contributed by atoms with Gasteiger partial charge in [-0.3, -0.25) is 0 Å². The van der Waals surface area contributed by atoms with Crippen LogP contribution in [-0.2, 0) is 11.8 Å². The van der Waals surface area contributed by atoms with E-state index >= 15 is 0 Å². The fourth-order valence-electron chi connectivity index (χ4n) is 1.66. The third-order valence-corrected chi connectivity index (χ3v) is 2.47. The van der Waals surface area contributed by atoms with Crippen LogP contribution >= 0.6 is 0 Å². The van der Waals surface area contributed by atoms with Gasteiger partial charge in [-0.2, -0.15) is 0 Å². The van der Waals surface area contributed by atoms with Gasteiger partial charge in [0.25, 0.3) is 0 Å². The van der Waals surface area contributed by atoms with Gasteiger partial charge in [0.1, 0.15) is 5.65 Å². The molecule has 2 aromatic heterocycles. The fraction of sp³-hybridized carbons (Fsp3) is 0.167. The van der Waals surface area contributed by atoms with Crippen LogP contribution in [0, 0.1) is 0 Å². The molecule has 0 amide bonds. The molecule has 0 N–H and O–H groups in total. The van der Waals surface area contributed by atoms with Crippen molar-refractivity contribution in [3.05, 3.63) is 36.2 Å². The molecule has 0 unspecified atom stereocenters. The van der Waals surface area contributed by atoms with Crippen molar-refractivity contribution in [2.75, 3.05) is 7.11 Å². The van der Waals surface area contributed by atoms with Crippen molar-refractivity contribution in [2.24, 2.45) is 7.05 Å². The second kappa shape index (κ2) is 3.81. The third kappa shape index (κ3) is 1.48. The first kappa shape index (κ1) is 10.4. The minimum Gasteiger partial charge on any atom is -0.464 e. The summed E-state index contributed by atoms with van der Waals surface area (Å²) in [6.07, 6.45) is 3.69. The van der Waals surface area contributed by atoms with Crippen LogP contribution in [0.3, 0.4) is 0 Å². The number of nitrogens with zero attached hydrogens (tertiary/aromatic N) is 2. The maximum atomic E-state index is 11.3. The molecule has 4 heteroatoms. The van der Waals surface area contributed by atoms with Crippen LogP contribution in [0.5, 0.6) is 0 Å². The highest BCUT2D eigenvalue weighted by Gasteiger charge is 2.11. The second-order valence-electron chi connectivity index (χ2n) is 3.46. The average Bonchev–Trinajstić information content (AvgIpc) is 2.64. The number of pyridine rings is 1. The summed E-state index contributed by atoms with van der Waals surface area (Å²) in [6, 6.07) is 3.51. The Kier molecular flexibility index (Phi) is 2.48. The summed E-state index contributed by atoms with van der Waals surface area (Å²) >= 11 is 0.